The molecule has 28 heavy (non-hydrogen) atoms. The highest BCUT2D eigenvalue weighted by Gasteiger charge is 2.11. The molecular formula is C20H16BrN5OS. The Hall–Kier alpha value is -2.84. The van der Waals surface area contributed by atoms with E-state index in [1.165, 1.54) is 22.5 Å². The molecule has 0 bridgehead atoms. The molecule has 4 aromatic rings. The van der Waals surface area contributed by atoms with E-state index in [1.807, 2.05) is 0 Å². The van der Waals surface area contributed by atoms with E-state index in [2.05, 4.69) is 61.3 Å². The average molecular weight is 454 g/mol. The fourth-order valence-corrected chi connectivity index (χ4v) is 3.79. The third-order valence-corrected chi connectivity index (χ3v) is 5.96. The summed E-state index contributed by atoms with van der Waals surface area (Å²) < 4.78 is 2.87. The van der Waals surface area contributed by atoms with Gasteiger partial charge < -0.3 is 0 Å². The van der Waals surface area contributed by atoms with E-state index < -0.39 is 0 Å². The van der Waals surface area contributed by atoms with Crippen LogP contribution in [0.15, 0.2) is 65.9 Å². The number of benzene rings is 1. The van der Waals surface area contributed by atoms with Gasteiger partial charge in [0, 0.05) is 40.6 Å². The van der Waals surface area contributed by atoms with Gasteiger partial charge in [0.25, 0.3) is 5.91 Å². The van der Waals surface area contributed by atoms with Crippen LogP contribution in [-0.2, 0) is 6.42 Å². The minimum atomic E-state index is -0.231. The zero-order chi connectivity index (χ0) is 19.5. The second-order valence-corrected chi connectivity index (χ2v) is 8.19. The zero-order valence-electron chi connectivity index (χ0n) is 15.0. The molecule has 0 radical (unpaired) electrons. The zero-order valence-corrected chi connectivity index (χ0v) is 17.4. The van der Waals surface area contributed by atoms with Crippen molar-refractivity contribution in [2.45, 2.75) is 13.3 Å². The number of imidazole rings is 1. The summed E-state index contributed by atoms with van der Waals surface area (Å²) in [5.74, 6) is 0.473. The van der Waals surface area contributed by atoms with Crippen LogP contribution in [-0.4, -0.2) is 25.4 Å². The van der Waals surface area contributed by atoms with Crippen molar-refractivity contribution < 1.29 is 4.79 Å². The Balaban J connectivity index is 1.41. The van der Waals surface area contributed by atoms with Crippen molar-refractivity contribution >= 4 is 38.3 Å². The molecule has 0 saturated heterocycles. The van der Waals surface area contributed by atoms with Gasteiger partial charge in [-0.2, -0.15) is 0 Å². The van der Waals surface area contributed by atoms with Gasteiger partial charge in [0.05, 0.1) is 5.56 Å². The number of hydrogen-bond acceptors (Lipinski definition) is 5. The molecule has 0 unspecified atom stereocenters. The number of carbonyl (C=O) groups excluding carboxylic acids is 1. The number of amides is 1. The summed E-state index contributed by atoms with van der Waals surface area (Å²) in [7, 11) is 0. The van der Waals surface area contributed by atoms with Gasteiger partial charge in [-0.15, -0.1) is 11.3 Å². The number of rotatable bonds is 5. The Morgan fingerprint density at radius 3 is 2.82 bits per heavy atom. The molecule has 0 saturated carbocycles. The average Bonchev–Trinajstić information content (AvgIpc) is 3.37. The van der Waals surface area contributed by atoms with E-state index >= 15 is 0 Å². The first-order chi connectivity index (χ1) is 13.6. The number of anilines is 1. The number of nitrogens with zero attached hydrogens (tertiary/aromatic N) is 4. The fourth-order valence-electron chi connectivity index (χ4n) is 2.70. The largest absolute Gasteiger partial charge is 0.298 e. The summed E-state index contributed by atoms with van der Waals surface area (Å²) in [5, 5.41) is 3.42. The smallest absolute Gasteiger partial charge is 0.259 e. The van der Waals surface area contributed by atoms with Gasteiger partial charge in [0.15, 0.2) is 5.13 Å². The van der Waals surface area contributed by atoms with E-state index in [9.17, 15) is 4.79 Å². The van der Waals surface area contributed by atoms with E-state index in [0.717, 1.165) is 15.8 Å². The van der Waals surface area contributed by atoms with Gasteiger partial charge in [-0.1, -0.05) is 28.1 Å². The van der Waals surface area contributed by atoms with Crippen LogP contribution in [0, 0.1) is 6.92 Å². The van der Waals surface area contributed by atoms with Crippen molar-refractivity contribution in [3.8, 4) is 5.82 Å². The Morgan fingerprint density at radius 1 is 1.21 bits per heavy atom. The predicted molar refractivity (Wildman–Crippen MR) is 113 cm³/mol. The molecule has 0 atom stereocenters. The summed E-state index contributed by atoms with van der Waals surface area (Å²) in [4.78, 5) is 26.2. The molecule has 0 aliphatic rings. The van der Waals surface area contributed by atoms with Crippen LogP contribution in [0.4, 0.5) is 5.13 Å². The molecule has 8 heteroatoms. The highest BCUT2D eigenvalue weighted by Crippen LogP contribution is 2.24. The van der Waals surface area contributed by atoms with Gasteiger partial charge in [0.2, 0.25) is 0 Å². The SMILES string of the molecule is Cc1cc(Cc2cnc(NC(=O)c3ccc(-n4ccnc4)nc3)s2)ccc1Br. The number of halogens is 1. The molecule has 0 aliphatic carbocycles. The maximum absolute atomic E-state index is 12.5. The Morgan fingerprint density at radius 2 is 2.11 bits per heavy atom. The minimum absolute atomic E-state index is 0.231. The lowest BCUT2D eigenvalue weighted by Gasteiger charge is -2.04. The lowest BCUT2D eigenvalue weighted by Crippen LogP contribution is -2.12. The third-order valence-electron chi connectivity index (χ3n) is 4.15. The summed E-state index contributed by atoms with van der Waals surface area (Å²) in [6.07, 6.45) is 9.26. The number of aromatic nitrogens is 4. The number of thiazole rings is 1. The summed E-state index contributed by atoms with van der Waals surface area (Å²) in [6, 6.07) is 9.80. The first-order valence-electron chi connectivity index (χ1n) is 8.54. The third kappa shape index (κ3) is 4.18. The monoisotopic (exact) mass is 453 g/mol. The molecule has 0 aliphatic heterocycles. The molecule has 1 aromatic carbocycles. The molecule has 140 valence electrons. The number of aryl methyl sites for hydroxylation is 1. The number of nitrogens with one attached hydrogen (secondary N) is 1. The summed E-state index contributed by atoms with van der Waals surface area (Å²) in [6.45, 7) is 2.07. The van der Waals surface area contributed by atoms with Crippen LogP contribution in [0.3, 0.4) is 0 Å². The van der Waals surface area contributed by atoms with Crippen molar-refractivity contribution in [3.63, 3.8) is 0 Å². The van der Waals surface area contributed by atoms with Crippen molar-refractivity contribution in [1.82, 2.24) is 19.5 Å². The van der Waals surface area contributed by atoms with E-state index in [4.69, 9.17) is 0 Å². The molecular weight excluding hydrogens is 438 g/mol. The second kappa shape index (κ2) is 8.04. The van der Waals surface area contributed by atoms with Crippen LogP contribution >= 0.6 is 27.3 Å². The van der Waals surface area contributed by atoms with Crippen molar-refractivity contribution in [3.05, 3.63) is 87.5 Å². The van der Waals surface area contributed by atoms with Crippen LogP contribution in [0.1, 0.15) is 26.4 Å². The van der Waals surface area contributed by atoms with E-state index in [-0.39, 0.29) is 5.91 Å². The van der Waals surface area contributed by atoms with Crippen molar-refractivity contribution in [2.75, 3.05) is 5.32 Å². The Bertz CT molecular complexity index is 1110. The van der Waals surface area contributed by atoms with Gasteiger partial charge in [-0.25, -0.2) is 15.0 Å². The highest BCUT2D eigenvalue weighted by molar-refractivity contribution is 9.10. The Labute approximate surface area is 174 Å². The second-order valence-electron chi connectivity index (χ2n) is 6.22. The highest BCUT2D eigenvalue weighted by atomic mass is 79.9. The van der Waals surface area contributed by atoms with Crippen molar-refractivity contribution in [1.29, 1.82) is 0 Å². The molecule has 1 amide bonds. The van der Waals surface area contributed by atoms with E-state index in [1.54, 1.807) is 47.8 Å². The van der Waals surface area contributed by atoms with Crippen molar-refractivity contribution in [2.24, 2.45) is 0 Å². The number of pyridine rings is 1. The molecule has 0 fully saturated rings. The van der Waals surface area contributed by atoms with Gasteiger partial charge >= 0.3 is 0 Å². The molecule has 6 nitrogen and oxygen atoms in total. The number of hydrogen-bond donors (Lipinski definition) is 1. The lowest BCUT2D eigenvalue weighted by molar-refractivity contribution is 0.102. The minimum Gasteiger partial charge on any atom is -0.298 e. The van der Waals surface area contributed by atoms with Crippen LogP contribution in [0.25, 0.3) is 5.82 Å². The van der Waals surface area contributed by atoms with Gasteiger partial charge in [-0.05, 0) is 36.2 Å². The Kier molecular flexibility index (Phi) is 5.31. The maximum atomic E-state index is 12.5. The molecule has 3 heterocycles. The summed E-state index contributed by atoms with van der Waals surface area (Å²) >= 11 is 4.99. The fraction of sp³-hybridized carbons (Fsp3) is 0.100. The standard InChI is InChI=1S/C20H16BrN5OS/c1-13-8-14(2-4-17(13)21)9-16-11-24-20(28-16)25-19(27)15-3-5-18(23-10-15)26-7-6-22-12-26/h2-8,10-12H,9H2,1H3,(H,24,25,27). The molecule has 0 spiro atoms. The topological polar surface area (TPSA) is 72.7 Å². The van der Waals surface area contributed by atoms with Crippen LogP contribution in [0.5, 0.6) is 0 Å². The quantitative estimate of drug-likeness (QED) is 0.477. The lowest BCUT2D eigenvalue weighted by atomic mass is 10.1. The molecule has 3 aromatic heterocycles. The normalized spacial score (nSPS) is 10.8. The predicted octanol–water partition coefficient (Wildman–Crippen LogP) is 4.64. The van der Waals surface area contributed by atoms with E-state index in [0.29, 0.717) is 16.5 Å². The first-order valence-corrected chi connectivity index (χ1v) is 10.1. The van der Waals surface area contributed by atoms with Gasteiger partial charge in [-0.3, -0.25) is 14.7 Å². The van der Waals surface area contributed by atoms with Crippen LogP contribution < -0.4 is 5.32 Å². The molecule has 4 rings (SSSR count). The summed E-state index contributed by atoms with van der Waals surface area (Å²) in [5.41, 5.74) is 2.88. The van der Waals surface area contributed by atoms with Crippen LogP contribution in [0.2, 0.25) is 0 Å². The van der Waals surface area contributed by atoms with Gasteiger partial charge in [0.1, 0.15) is 12.1 Å². The number of carbonyl (C=O) groups is 1. The maximum Gasteiger partial charge on any atom is 0.259 e. The first kappa shape index (κ1) is 18.5. The molecule has 1 N–H and O–H groups in total.